The van der Waals surface area contributed by atoms with Gasteiger partial charge in [-0.25, -0.2) is 0 Å². The van der Waals surface area contributed by atoms with Crippen molar-refractivity contribution < 1.29 is 0 Å². The van der Waals surface area contributed by atoms with E-state index in [-0.39, 0.29) is 6.17 Å². The van der Waals surface area contributed by atoms with Crippen molar-refractivity contribution in [3.05, 3.63) is 71.6 Å². The molecule has 0 bridgehead atoms. The van der Waals surface area contributed by atoms with Crippen LogP contribution in [0.15, 0.2) is 54.9 Å². The Morgan fingerprint density at radius 1 is 0.714 bits per heavy atom. The fourth-order valence-electron chi connectivity index (χ4n) is 3.14. The molecule has 1 aliphatic rings. The lowest BCUT2D eigenvalue weighted by Gasteiger charge is -2.32. The number of aryl methyl sites for hydroxylation is 3. The standard InChI is InChI=1S/C19H22N2/c1-14-8-5-6-11-18(14)20-12-13-21(17(20)4)19-15(2)9-7-10-16(19)3/h5-13,17H,1-4H3/t17-/m0/s1. The third kappa shape index (κ3) is 2.31. The Morgan fingerprint density at radius 3 is 1.95 bits per heavy atom. The molecular weight excluding hydrogens is 256 g/mol. The summed E-state index contributed by atoms with van der Waals surface area (Å²) >= 11 is 0. The summed E-state index contributed by atoms with van der Waals surface area (Å²) in [5, 5.41) is 0. The molecule has 0 aliphatic carbocycles. The fourth-order valence-corrected chi connectivity index (χ4v) is 3.14. The zero-order valence-corrected chi connectivity index (χ0v) is 13.2. The van der Waals surface area contributed by atoms with Crippen LogP contribution in [-0.4, -0.2) is 6.17 Å². The van der Waals surface area contributed by atoms with Crippen LogP contribution in [0.4, 0.5) is 11.4 Å². The van der Waals surface area contributed by atoms with Gasteiger partial charge in [-0.15, -0.1) is 0 Å². The second kappa shape index (κ2) is 5.28. The molecule has 0 N–H and O–H groups in total. The molecule has 0 aromatic heterocycles. The van der Waals surface area contributed by atoms with Crippen LogP contribution in [0.5, 0.6) is 0 Å². The molecule has 0 spiro atoms. The van der Waals surface area contributed by atoms with Crippen LogP contribution >= 0.6 is 0 Å². The highest BCUT2D eigenvalue weighted by atomic mass is 15.4. The molecule has 0 saturated heterocycles. The highest BCUT2D eigenvalue weighted by Crippen LogP contribution is 2.34. The Labute approximate surface area is 127 Å². The molecule has 108 valence electrons. The summed E-state index contributed by atoms with van der Waals surface area (Å²) in [6.07, 6.45) is 4.65. The van der Waals surface area contributed by atoms with Gasteiger partial charge in [0.1, 0.15) is 6.17 Å². The lowest BCUT2D eigenvalue weighted by molar-refractivity contribution is 0.745. The third-order valence-electron chi connectivity index (χ3n) is 4.28. The zero-order valence-electron chi connectivity index (χ0n) is 13.2. The summed E-state index contributed by atoms with van der Waals surface area (Å²) in [6, 6.07) is 15.0. The predicted octanol–water partition coefficient (Wildman–Crippen LogP) is 4.76. The SMILES string of the molecule is Cc1ccccc1N1C=CN(c2c(C)cccc2C)[C@H]1C. The molecule has 2 aromatic rings. The van der Waals surface area contributed by atoms with Crippen molar-refractivity contribution in [3.63, 3.8) is 0 Å². The number of rotatable bonds is 2. The van der Waals surface area contributed by atoms with E-state index in [1.165, 1.54) is 28.1 Å². The maximum Gasteiger partial charge on any atom is 0.107 e. The summed E-state index contributed by atoms with van der Waals surface area (Å²) in [4.78, 5) is 4.69. The molecule has 0 amide bonds. The van der Waals surface area contributed by atoms with Gasteiger partial charge in [-0.2, -0.15) is 0 Å². The number of hydrogen-bond acceptors (Lipinski definition) is 2. The van der Waals surface area contributed by atoms with E-state index < -0.39 is 0 Å². The van der Waals surface area contributed by atoms with Gasteiger partial charge in [0.05, 0.1) is 0 Å². The molecule has 1 aliphatic heterocycles. The van der Waals surface area contributed by atoms with Crippen LogP contribution < -0.4 is 9.80 Å². The van der Waals surface area contributed by atoms with E-state index in [4.69, 9.17) is 0 Å². The van der Waals surface area contributed by atoms with Gasteiger partial charge in [-0.1, -0.05) is 36.4 Å². The smallest absolute Gasteiger partial charge is 0.107 e. The summed E-state index contributed by atoms with van der Waals surface area (Å²) < 4.78 is 0. The van der Waals surface area contributed by atoms with Crippen LogP contribution in [0, 0.1) is 20.8 Å². The van der Waals surface area contributed by atoms with Crippen LogP contribution in [0.1, 0.15) is 23.6 Å². The van der Waals surface area contributed by atoms with Gasteiger partial charge < -0.3 is 9.80 Å². The largest absolute Gasteiger partial charge is 0.325 e. The topological polar surface area (TPSA) is 6.48 Å². The highest BCUT2D eigenvalue weighted by molar-refractivity contribution is 5.67. The third-order valence-corrected chi connectivity index (χ3v) is 4.28. The van der Waals surface area contributed by atoms with Crippen molar-refractivity contribution in [2.45, 2.75) is 33.9 Å². The van der Waals surface area contributed by atoms with Gasteiger partial charge in [0.25, 0.3) is 0 Å². The molecular formula is C19H22N2. The van der Waals surface area contributed by atoms with Crippen molar-refractivity contribution in [3.8, 4) is 0 Å². The highest BCUT2D eigenvalue weighted by Gasteiger charge is 2.26. The Balaban J connectivity index is 1.97. The first-order valence-corrected chi connectivity index (χ1v) is 7.46. The number of benzene rings is 2. The fraction of sp³-hybridized carbons (Fsp3) is 0.263. The number of para-hydroxylation sites is 2. The monoisotopic (exact) mass is 278 g/mol. The maximum atomic E-state index is 2.36. The van der Waals surface area contributed by atoms with E-state index in [0.29, 0.717) is 0 Å². The number of hydrogen-bond donors (Lipinski definition) is 0. The molecule has 2 nitrogen and oxygen atoms in total. The van der Waals surface area contributed by atoms with Gasteiger partial charge in [0.15, 0.2) is 0 Å². The van der Waals surface area contributed by atoms with Gasteiger partial charge in [0, 0.05) is 23.8 Å². The first kappa shape index (κ1) is 13.7. The van der Waals surface area contributed by atoms with Crippen molar-refractivity contribution in [2.75, 3.05) is 9.80 Å². The van der Waals surface area contributed by atoms with E-state index in [9.17, 15) is 0 Å². The van der Waals surface area contributed by atoms with E-state index in [1.54, 1.807) is 0 Å². The van der Waals surface area contributed by atoms with Crippen LogP contribution in [-0.2, 0) is 0 Å². The quantitative estimate of drug-likeness (QED) is 0.781. The summed E-state index contributed by atoms with van der Waals surface area (Å²) in [6.45, 7) is 8.77. The minimum Gasteiger partial charge on any atom is -0.325 e. The summed E-state index contributed by atoms with van der Waals surface area (Å²) in [5.41, 5.74) is 6.53. The van der Waals surface area contributed by atoms with Crippen molar-refractivity contribution in [2.24, 2.45) is 0 Å². The van der Waals surface area contributed by atoms with E-state index in [2.05, 4.69) is 92.4 Å². The molecule has 1 atom stereocenters. The predicted molar refractivity (Wildman–Crippen MR) is 90.7 cm³/mol. The van der Waals surface area contributed by atoms with Crippen LogP contribution in [0.2, 0.25) is 0 Å². The van der Waals surface area contributed by atoms with Gasteiger partial charge in [0.2, 0.25) is 0 Å². The molecule has 3 rings (SSSR count). The van der Waals surface area contributed by atoms with Crippen molar-refractivity contribution in [1.29, 1.82) is 0 Å². The number of anilines is 2. The normalized spacial score (nSPS) is 17.6. The molecule has 21 heavy (non-hydrogen) atoms. The van der Waals surface area contributed by atoms with Crippen LogP contribution in [0.25, 0.3) is 0 Å². The molecule has 0 saturated carbocycles. The molecule has 2 aromatic carbocycles. The van der Waals surface area contributed by atoms with E-state index in [1.807, 2.05) is 0 Å². The Hall–Kier alpha value is -2.22. The maximum absolute atomic E-state index is 2.36. The molecule has 0 radical (unpaired) electrons. The number of nitrogens with zero attached hydrogens (tertiary/aromatic N) is 2. The zero-order chi connectivity index (χ0) is 15.0. The first-order chi connectivity index (χ1) is 10.1. The molecule has 2 heteroatoms. The molecule has 0 unspecified atom stereocenters. The van der Waals surface area contributed by atoms with Gasteiger partial charge >= 0.3 is 0 Å². The lowest BCUT2D eigenvalue weighted by Crippen LogP contribution is -2.36. The van der Waals surface area contributed by atoms with Crippen molar-refractivity contribution >= 4 is 11.4 Å². The van der Waals surface area contributed by atoms with Gasteiger partial charge in [-0.05, 0) is 50.5 Å². The Kier molecular flexibility index (Phi) is 3.46. The van der Waals surface area contributed by atoms with Gasteiger partial charge in [-0.3, -0.25) is 0 Å². The Bertz CT molecular complexity index is 667. The van der Waals surface area contributed by atoms with Crippen molar-refractivity contribution in [1.82, 2.24) is 0 Å². The minimum atomic E-state index is 0.283. The summed E-state index contributed by atoms with van der Waals surface area (Å²) in [5.74, 6) is 0. The molecule has 0 fully saturated rings. The lowest BCUT2D eigenvalue weighted by atomic mass is 10.1. The first-order valence-electron chi connectivity index (χ1n) is 7.46. The summed E-state index contributed by atoms with van der Waals surface area (Å²) in [7, 11) is 0. The second-order valence-corrected chi connectivity index (χ2v) is 5.77. The van der Waals surface area contributed by atoms with E-state index in [0.717, 1.165) is 0 Å². The Morgan fingerprint density at radius 2 is 1.29 bits per heavy atom. The van der Waals surface area contributed by atoms with E-state index >= 15 is 0 Å². The second-order valence-electron chi connectivity index (χ2n) is 5.77. The average Bonchev–Trinajstić information content (AvgIpc) is 2.81. The van der Waals surface area contributed by atoms with Crippen LogP contribution in [0.3, 0.4) is 0 Å². The minimum absolute atomic E-state index is 0.283. The average molecular weight is 278 g/mol. The molecule has 1 heterocycles.